The van der Waals surface area contributed by atoms with Gasteiger partial charge in [-0.2, -0.15) is 0 Å². The summed E-state index contributed by atoms with van der Waals surface area (Å²) in [6.45, 7) is 8.37. The number of aromatic nitrogens is 3. The van der Waals surface area contributed by atoms with Crippen molar-refractivity contribution in [2.24, 2.45) is 11.8 Å². The molecule has 2 heterocycles. The van der Waals surface area contributed by atoms with Gasteiger partial charge in [-0.1, -0.05) is 44.2 Å². The molecule has 3 rings (SSSR count). The van der Waals surface area contributed by atoms with Crippen LogP contribution in [0.15, 0.2) is 0 Å². The zero-order chi connectivity index (χ0) is 17.8. The van der Waals surface area contributed by atoms with Gasteiger partial charge in [0.1, 0.15) is 0 Å². The molecule has 2 aliphatic rings. The smallest absolute Gasteiger partial charge is 0.273 e. The first kappa shape index (κ1) is 18.4. The van der Waals surface area contributed by atoms with Crippen LogP contribution in [0.1, 0.15) is 81.0 Å². The summed E-state index contributed by atoms with van der Waals surface area (Å²) in [4.78, 5) is 12.7. The summed E-state index contributed by atoms with van der Waals surface area (Å²) in [5.74, 6) is 1.16. The van der Waals surface area contributed by atoms with Crippen molar-refractivity contribution in [3.8, 4) is 0 Å². The average Bonchev–Trinajstić information content (AvgIpc) is 3.04. The molecule has 0 spiro atoms. The predicted octanol–water partition coefficient (Wildman–Crippen LogP) is 2.85. The molecule has 140 valence electrons. The van der Waals surface area contributed by atoms with Crippen LogP contribution in [0.3, 0.4) is 0 Å². The number of nitrogens with zero attached hydrogens (tertiary/aromatic N) is 3. The highest BCUT2D eigenvalue weighted by Gasteiger charge is 2.28. The molecule has 1 saturated carbocycles. The molecule has 1 aliphatic carbocycles. The first-order valence-electron chi connectivity index (χ1n) is 10.0. The number of carbonyl (C=O) groups excluding carboxylic acids is 1. The predicted molar refractivity (Wildman–Crippen MR) is 98.6 cm³/mol. The first-order valence-corrected chi connectivity index (χ1v) is 10.0. The summed E-state index contributed by atoms with van der Waals surface area (Å²) in [6, 6.07) is 0.521. The fourth-order valence-electron chi connectivity index (χ4n) is 4.42. The van der Waals surface area contributed by atoms with Crippen LogP contribution in [0, 0.1) is 18.8 Å². The molecule has 1 aliphatic heterocycles. The number of piperidine rings is 1. The molecule has 2 atom stereocenters. The number of rotatable bonds is 5. The molecule has 6 nitrogen and oxygen atoms in total. The van der Waals surface area contributed by atoms with Crippen molar-refractivity contribution in [2.45, 2.75) is 77.8 Å². The van der Waals surface area contributed by atoms with Crippen molar-refractivity contribution < 1.29 is 4.79 Å². The van der Waals surface area contributed by atoms with E-state index in [1.807, 2.05) is 11.6 Å². The van der Waals surface area contributed by atoms with Crippen molar-refractivity contribution in [1.82, 2.24) is 25.6 Å². The van der Waals surface area contributed by atoms with Crippen molar-refractivity contribution in [1.29, 1.82) is 0 Å². The molecular weight excluding hydrogens is 314 g/mol. The maximum absolute atomic E-state index is 12.7. The Bertz CT molecular complexity index is 572. The number of carbonyl (C=O) groups is 1. The Morgan fingerprint density at radius 1 is 1.16 bits per heavy atom. The van der Waals surface area contributed by atoms with Gasteiger partial charge in [0.15, 0.2) is 5.69 Å². The van der Waals surface area contributed by atoms with Gasteiger partial charge in [-0.15, -0.1) is 5.10 Å². The lowest BCUT2D eigenvalue weighted by molar-refractivity contribution is 0.0906. The van der Waals surface area contributed by atoms with Crippen molar-refractivity contribution in [2.75, 3.05) is 13.1 Å². The van der Waals surface area contributed by atoms with Crippen LogP contribution in [0.25, 0.3) is 0 Å². The van der Waals surface area contributed by atoms with Crippen molar-refractivity contribution >= 4 is 5.91 Å². The van der Waals surface area contributed by atoms with E-state index in [4.69, 9.17) is 0 Å². The average molecular weight is 348 g/mol. The summed E-state index contributed by atoms with van der Waals surface area (Å²) in [6.07, 6.45) is 8.71. The van der Waals surface area contributed by atoms with Gasteiger partial charge in [-0.05, 0) is 51.6 Å². The summed E-state index contributed by atoms with van der Waals surface area (Å²) in [7, 11) is 0. The minimum Gasteiger partial charge on any atom is -0.348 e. The zero-order valence-corrected chi connectivity index (χ0v) is 15.9. The van der Waals surface area contributed by atoms with Crippen LogP contribution in [0.5, 0.6) is 0 Å². The van der Waals surface area contributed by atoms with Crippen LogP contribution in [0.4, 0.5) is 0 Å². The lowest BCUT2D eigenvalue weighted by Crippen LogP contribution is -2.40. The van der Waals surface area contributed by atoms with E-state index in [1.165, 1.54) is 32.1 Å². The van der Waals surface area contributed by atoms with E-state index in [1.54, 1.807) is 0 Å². The molecule has 25 heavy (non-hydrogen) atoms. The Labute approximate surface area is 151 Å². The van der Waals surface area contributed by atoms with E-state index in [0.717, 1.165) is 37.5 Å². The molecule has 2 N–H and O–H groups in total. The Kier molecular flexibility index (Phi) is 6.10. The number of amides is 1. The minimum absolute atomic E-state index is 0.0761. The molecule has 0 bridgehead atoms. The molecule has 0 aromatic carbocycles. The van der Waals surface area contributed by atoms with Gasteiger partial charge in [-0.3, -0.25) is 4.79 Å². The van der Waals surface area contributed by atoms with Crippen LogP contribution in [0.2, 0.25) is 0 Å². The maximum Gasteiger partial charge on any atom is 0.273 e. The first-order chi connectivity index (χ1) is 12.1. The van der Waals surface area contributed by atoms with Gasteiger partial charge in [0.05, 0.1) is 11.7 Å². The standard InChI is InChI=1S/C19H33N5O/c1-13(16-7-5-4-6-8-16)14(2)21-19(25)18-15(3)24(23-22-18)17-9-11-20-12-10-17/h13-14,16-17,20H,4-12H2,1-3H3,(H,21,25). The zero-order valence-electron chi connectivity index (χ0n) is 15.9. The largest absolute Gasteiger partial charge is 0.348 e. The van der Waals surface area contributed by atoms with Crippen LogP contribution in [-0.2, 0) is 0 Å². The fraction of sp³-hybridized carbons (Fsp3) is 0.842. The normalized spacial score (nSPS) is 22.5. The van der Waals surface area contributed by atoms with E-state index in [0.29, 0.717) is 17.7 Å². The van der Waals surface area contributed by atoms with Crippen LogP contribution in [-0.4, -0.2) is 40.0 Å². The van der Waals surface area contributed by atoms with Gasteiger partial charge in [-0.25, -0.2) is 4.68 Å². The van der Waals surface area contributed by atoms with E-state index in [-0.39, 0.29) is 11.9 Å². The van der Waals surface area contributed by atoms with Gasteiger partial charge >= 0.3 is 0 Å². The summed E-state index contributed by atoms with van der Waals surface area (Å²) >= 11 is 0. The second kappa shape index (κ2) is 8.30. The summed E-state index contributed by atoms with van der Waals surface area (Å²) in [5, 5.41) is 15.0. The molecule has 1 amide bonds. The molecule has 0 radical (unpaired) electrons. The molecule has 1 aromatic rings. The molecule has 1 aromatic heterocycles. The second-order valence-electron chi connectivity index (χ2n) is 7.97. The van der Waals surface area contributed by atoms with Crippen molar-refractivity contribution in [3.05, 3.63) is 11.4 Å². The highest BCUT2D eigenvalue weighted by molar-refractivity contribution is 5.93. The Hall–Kier alpha value is -1.43. The van der Waals surface area contributed by atoms with Crippen LogP contribution >= 0.6 is 0 Å². The van der Waals surface area contributed by atoms with Gasteiger partial charge in [0.25, 0.3) is 5.91 Å². The third kappa shape index (κ3) is 4.22. The molecule has 2 unspecified atom stereocenters. The quantitative estimate of drug-likeness (QED) is 0.859. The monoisotopic (exact) mass is 347 g/mol. The van der Waals surface area contributed by atoms with Crippen LogP contribution < -0.4 is 10.6 Å². The SMILES string of the molecule is Cc1c(C(=O)NC(C)C(C)C2CCCCC2)nnn1C1CCNCC1. The van der Waals surface area contributed by atoms with Gasteiger partial charge in [0, 0.05) is 6.04 Å². The number of hydrogen-bond acceptors (Lipinski definition) is 4. The molecule has 1 saturated heterocycles. The lowest BCUT2D eigenvalue weighted by atomic mass is 9.78. The van der Waals surface area contributed by atoms with E-state index in [9.17, 15) is 4.79 Å². The maximum atomic E-state index is 12.7. The highest BCUT2D eigenvalue weighted by Crippen LogP contribution is 2.31. The summed E-state index contributed by atoms with van der Waals surface area (Å²) < 4.78 is 1.95. The van der Waals surface area contributed by atoms with E-state index >= 15 is 0 Å². The van der Waals surface area contributed by atoms with E-state index < -0.39 is 0 Å². The molecular formula is C19H33N5O. The summed E-state index contributed by atoms with van der Waals surface area (Å²) in [5.41, 5.74) is 1.38. The van der Waals surface area contributed by atoms with Crippen molar-refractivity contribution in [3.63, 3.8) is 0 Å². The minimum atomic E-state index is -0.0761. The lowest BCUT2D eigenvalue weighted by Gasteiger charge is -2.32. The van der Waals surface area contributed by atoms with Gasteiger partial charge in [0.2, 0.25) is 0 Å². The third-order valence-corrected chi connectivity index (χ3v) is 6.34. The Morgan fingerprint density at radius 3 is 2.52 bits per heavy atom. The fourth-order valence-corrected chi connectivity index (χ4v) is 4.42. The van der Waals surface area contributed by atoms with E-state index in [2.05, 4.69) is 34.8 Å². The Balaban J connectivity index is 1.61. The molecule has 6 heteroatoms. The topological polar surface area (TPSA) is 71.8 Å². The highest BCUT2D eigenvalue weighted by atomic mass is 16.2. The number of nitrogens with one attached hydrogen (secondary N) is 2. The van der Waals surface area contributed by atoms with Gasteiger partial charge < -0.3 is 10.6 Å². The Morgan fingerprint density at radius 2 is 1.84 bits per heavy atom. The molecule has 2 fully saturated rings. The third-order valence-electron chi connectivity index (χ3n) is 6.34. The second-order valence-corrected chi connectivity index (χ2v) is 7.97. The number of hydrogen-bond donors (Lipinski definition) is 2.